The molecule has 2 fully saturated rings. The molecule has 2 aliphatic rings. The van der Waals surface area contributed by atoms with Crippen LogP contribution in [0.15, 0.2) is 43.0 Å². The smallest absolute Gasteiger partial charge is 0.0952 e. The third-order valence-corrected chi connectivity index (χ3v) is 5.60. The third kappa shape index (κ3) is 2.11. The zero-order chi connectivity index (χ0) is 14.4. The fraction of sp³-hybridized carbons (Fsp3) is 0.471. The van der Waals surface area contributed by atoms with Crippen molar-refractivity contribution in [3.05, 3.63) is 53.6 Å². The molecule has 1 heterocycles. The molecule has 110 valence electrons. The third-order valence-electron chi connectivity index (χ3n) is 5.35. The maximum absolute atomic E-state index is 11.5. The van der Waals surface area contributed by atoms with Crippen LogP contribution in [-0.4, -0.2) is 20.3 Å². The predicted molar refractivity (Wildman–Crippen MR) is 82.2 cm³/mol. The van der Waals surface area contributed by atoms with E-state index >= 15 is 0 Å². The zero-order valence-corrected chi connectivity index (χ0v) is 12.6. The minimum Gasteiger partial charge on any atom is -0.387 e. The summed E-state index contributed by atoms with van der Waals surface area (Å²) in [6, 6.07) is 7.77. The quantitative estimate of drug-likeness (QED) is 0.939. The molecule has 2 aromatic rings. The fourth-order valence-corrected chi connectivity index (χ4v) is 4.59. The van der Waals surface area contributed by atoms with Gasteiger partial charge >= 0.3 is 0 Å². The molecule has 4 rings (SSSR count). The number of imidazole rings is 1. The van der Waals surface area contributed by atoms with E-state index in [-0.39, 0.29) is 6.04 Å². The molecule has 0 radical (unpaired) electrons. The fourth-order valence-electron chi connectivity index (χ4n) is 4.46. The zero-order valence-electron chi connectivity index (χ0n) is 11.8. The summed E-state index contributed by atoms with van der Waals surface area (Å²) in [6.45, 7) is 0. The van der Waals surface area contributed by atoms with Crippen molar-refractivity contribution in [1.82, 2.24) is 9.55 Å². The van der Waals surface area contributed by atoms with E-state index in [1.54, 1.807) is 6.20 Å². The molecule has 1 aromatic heterocycles. The number of fused-ring (bicyclic) bond motifs is 2. The lowest BCUT2D eigenvalue weighted by atomic mass is 9.76. The first-order valence-electron chi connectivity index (χ1n) is 7.62. The lowest BCUT2D eigenvalue weighted by Crippen LogP contribution is -2.44. The number of halogens is 1. The molecule has 2 bridgehead atoms. The Morgan fingerprint density at radius 1 is 1.29 bits per heavy atom. The summed E-state index contributed by atoms with van der Waals surface area (Å²) in [4.78, 5) is 4.18. The van der Waals surface area contributed by atoms with Gasteiger partial charge in [-0.2, -0.15) is 0 Å². The van der Waals surface area contributed by atoms with Crippen LogP contribution in [0.5, 0.6) is 0 Å². The predicted octanol–water partition coefficient (Wildman–Crippen LogP) is 3.68. The number of aliphatic hydroxyl groups is 1. The summed E-state index contributed by atoms with van der Waals surface area (Å²) >= 11 is 6.02. The highest BCUT2D eigenvalue weighted by molar-refractivity contribution is 6.30. The Balaban J connectivity index is 1.79. The largest absolute Gasteiger partial charge is 0.387 e. The summed E-state index contributed by atoms with van der Waals surface area (Å²) in [5, 5.41) is 12.2. The van der Waals surface area contributed by atoms with Gasteiger partial charge in [-0.15, -0.1) is 0 Å². The van der Waals surface area contributed by atoms with Gasteiger partial charge < -0.3 is 9.67 Å². The molecular weight excluding hydrogens is 284 g/mol. The van der Waals surface area contributed by atoms with Gasteiger partial charge in [0.2, 0.25) is 0 Å². The number of benzene rings is 1. The monoisotopic (exact) mass is 302 g/mol. The molecule has 2 saturated carbocycles. The molecule has 1 N–H and O–H groups in total. The Kier molecular flexibility index (Phi) is 3.09. The van der Waals surface area contributed by atoms with E-state index in [1.807, 2.05) is 41.4 Å². The Morgan fingerprint density at radius 2 is 2.10 bits per heavy atom. The number of hydrogen-bond donors (Lipinski definition) is 1. The van der Waals surface area contributed by atoms with Crippen LogP contribution >= 0.6 is 11.6 Å². The van der Waals surface area contributed by atoms with Crippen LogP contribution in [0.3, 0.4) is 0 Å². The highest BCUT2D eigenvalue weighted by Gasteiger charge is 2.54. The molecule has 4 unspecified atom stereocenters. The van der Waals surface area contributed by atoms with Crippen LogP contribution in [0, 0.1) is 11.8 Å². The SMILES string of the molecule is OC1(C(c2ccc(Cl)cc2)n2ccnc2)CC2CCC1C2. The topological polar surface area (TPSA) is 38.0 Å². The van der Waals surface area contributed by atoms with Crippen molar-refractivity contribution < 1.29 is 5.11 Å². The highest BCUT2D eigenvalue weighted by atomic mass is 35.5. The van der Waals surface area contributed by atoms with E-state index in [0.29, 0.717) is 11.8 Å². The van der Waals surface area contributed by atoms with Gasteiger partial charge in [-0.25, -0.2) is 4.98 Å². The molecule has 0 spiro atoms. The number of rotatable bonds is 3. The van der Waals surface area contributed by atoms with Gasteiger partial charge in [0, 0.05) is 17.4 Å². The van der Waals surface area contributed by atoms with Crippen LogP contribution in [0.25, 0.3) is 0 Å². The molecular formula is C17H19ClN2O. The van der Waals surface area contributed by atoms with Gasteiger partial charge in [-0.05, 0) is 55.2 Å². The van der Waals surface area contributed by atoms with Crippen LogP contribution < -0.4 is 0 Å². The second-order valence-electron chi connectivity index (χ2n) is 6.54. The first-order chi connectivity index (χ1) is 10.2. The molecule has 3 nitrogen and oxygen atoms in total. The van der Waals surface area contributed by atoms with E-state index in [2.05, 4.69) is 4.98 Å². The number of nitrogens with zero attached hydrogens (tertiary/aromatic N) is 2. The standard InChI is InChI=1S/C17H19ClN2O/c18-15-5-2-13(3-6-15)16(20-8-7-19-11-20)17(21)10-12-1-4-14(17)9-12/h2-3,5-8,11-12,14,16,21H,1,4,9-10H2. The van der Waals surface area contributed by atoms with Crippen LogP contribution in [-0.2, 0) is 0 Å². The van der Waals surface area contributed by atoms with Crippen molar-refractivity contribution in [2.75, 3.05) is 0 Å². The molecule has 4 heteroatoms. The maximum atomic E-state index is 11.5. The summed E-state index contributed by atoms with van der Waals surface area (Å²) < 4.78 is 2.05. The molecule has 0 amide bonds. The van der Waals surface area contributed by atoms with Crippen molar-refractivity contribution >= 4 is 11.6 Å². The Labute approximate surface area is 129 Å². The van der Waals surface area contributed by atoms with Crippen molar-refractivity contribution in [3.8, 4) is 0 Å². The Morgan fingerprint density at radius 3 is 2.67 bits per heavy atom. The normalized spacial score (nSPS) is 32.5. The summed E-state index contributed by atoms with van der Waals surface area (Å²) in [5.41, 5.74) is 0.435. The van der Waals surface area contributed by atoms with E-state index in [0.717, 1.165) is 29.8 Å². The average Bonchev–Trinajstić information content (AvgIpc) is 3.18. The molecule has 21 heavy (non-hydrogen) atoms. The molecule has 1 aromatic carbocycles. The minimum atomic E-state index is -0.669. The lowest BCUT2D eigenvalue weighted by molar-refractivity contribution is -0.0463. The lowest BCUT2D eigenvalue weighted by Gasteiger charge is -2.40. The Hall–Kier alpha value is -1.32. The van der Waals surface area contributed by atoms with Crippen molar-refractivity contribution in [1.29, 1.82) is 0 Å². The van der Waals surface area contributed by atoms with E-state index in [9.17, 15) is 5.11 Å². The first kappa shape index (κ1) is 13.4. The molecule has 0 aliphatic heterocycles. The van der Waals surface area contributed by atoms with Crippen molar-refractivity contribution in [2.24, 2.45) is 11.8 Å². The van der Waals surface area contributed by atoms with Crippen LogP contribution in [0.2, 0.25) is 5.02 Å². The van der Waals surface area contributed by atoms with Gasteiger partial charge in [0.05, 0.1) is 18.0 Å². The van der Waals surface area contributed by atoms with Gasteiger partial charge in [-0.3, -0.25) is 0 Å². The minimum absolute atomic E-state index is 0.0763. The van der Waals surface area contributed by atoms with Crippen molar-refractivity contribution in [3.63, 3.8) is 0 Å². The average molecular weight is 303 g/mol. The van der Waals surface area contributed by atoms with Crippen LogP contribution in [0.1, 0.15) is 37.3 Å². The van der Waals surface area contributed by atoms with Crippen molar-refractivity contribution in [2.45, 2.75) is 37.3 Å². The van der Waals surface area contributed by atoms with Crippen LogP contribution in [0.4, 0.5) is 0 Å². The summed E-state index contributed by atoms with van der Waals surface area (Å²) in [7, 11) is 0. The van der Waals surface area contributed by atoms with Gasteiger partial charge in [-0.1, -0.05) is 23.7 Å². The van der Waals surface area contributed by atoms with Gasteiger partial charge in [0.15, 0.2) is 0 Å². The summed E-state index contributed by atoms with van der Waals surface area (Å²) in [6.07, 6.45) is 9.99. The van der Waals surface area contributed by atoms with Gasteiger partial charge in [0.25, 0.3) is 0 Å². The van der Waals surface area contributed by atoms with E-state index in [1.165, 1.54) is 6.42 Å². The van der Waals surface area contributed by atoms with Gasteiger partial charge in [0.1, 0.15) is 0 Å². The van der Waals surface area contributed by atoms with E-state index < -0.39 is 5.60 Å². The molecule has 2 aliphatic carbocycles. The maximum Gasteiger partial charge on any atom is 0.0952 e. The number of aromatic nitrogens is 2. The molecule has 0 saturated heterocycles. The second kappa shape index (κ2) is 4.85. The highest BCUT2D eigenvalue weighted by Crippen LogP contribution is 2.56. The molecule has 4 atom stereocenters. The van der Waals surface area contributed by atoms with E-state index in [4.69, 9.17) is 11.6 Å². The summed E-state index contributed by atoms with van der Waals surface area (Å²) in [5.74, 6) is 1.07. The second-order valence-corrected chi connectivity index (χ2v) is 6.97. The Bertz CT molecular complexity index is 625. The number of hydrogen-bond acceptors (Lipinski definition) is 2. The first-order valence-corrected chi connectivity index (χ1v) is 8.00.